The molecule has 0 radical (unpaired) electrons. The third-order valence-corrected chi connectivity index (χ3v) is 9.04. The fourth-order valence-corrected chi connectivity index (χ4v) is 7.95. The third-order valence-electron chi connectivity index (χ3n) is 9.04. The van der Waals surface area contributed by atoms with Gasteiger partial charge < -0.3 is 29.2 Å². The summed E-state index contributed by atoms with van der Waals surface area (Å²) in [6.07, 6.45) is 5.79. The van der Waals surface area contributed by atoms with Crippen molar-refractivity contribution in [3.63, 3.8) is 0 Å². The molecule has 6 nitrogen and oxygen atoms in total. The van der Waals surface area contributed by atoms with Crippen LogP contribution in [0.2, 0.25) is 0 Å². The topological polar surface area (TPSA) is 77.4 Å². The van der Waals surface area contributed by atoms with Gasteiger partial charge in [-0.1, -0.05) is 18.1 Å². The average molecular weight is 392 g/mol. The van der Waals surface area contributed by atoms with Crippen LogP contribution in [0.3, 0.4) is 0 Å². The second kappa shape index (κ2) is 5.80. The summed E-state index contributed by atoms with van der Waals surface area (Å²) in [6.45, 7) is 4.73. The molecule has 4 fully saturated rings. The highest BCUT2D eigenvalue weighted by atomic mass is 16.7. The minimum absolute atomic E-state index is 0.0930. The Hall–Kier alpha value is -0.500. The van der Waals surface area contributed by atoms with Crippen molar-refractivity contribution >= 4 is 0 Å². The summed E-state index contributed by atoms with van der Waals surface area (Å²) in [4.78, 5) is 0. The smallest absolute Gasteiger partial charge is 0.174 e. The van der Waals surface area contributed by atoms with Crippen LogP contribution in [0.5, 0.6) is 0 Å². The number of fused-ring (bicyclic) bond motifs is 5. The van der Waals surface area contributed by atoms with Gasteiger partial charge in [0.25, 0.3) is 0 Å². The van der Waals surface area contributed by atoms with E-state index in [4.69, 9.17) is 18.9 Å². The fourth-order valence-electron chi connectivity index (χ4n) is 7.95. The van der Waals surface area contributed by atoms with Crippen LogP contribution in [0, 0.1) is 17.3 Å². The van der Waals surface area contributed by atoms with Gasteiger partial charge in [0.1, 0.15) is 0 Å². The molecular weight excluding hydrogens is 360 g/mol. The van der Waals surface area contributed by atoms with Crippen molar-refractivity contribution in [2.75, 3.05) is 26.4 Å². The molecule has 0 bridgehead atoms. The first-order valence-corrected chi connectivity index (χ1v) is 11.1. The van der Waals surface area contributed by atoms with Crippen LogP contribution < -0.4 is 0 Å². The van der Waals surface area contributed by atoms with Crippen molar-refractivity contribution in [2.45, 2.75) is 81.6 Å². The van der Waals surface area contributed by atoms with E-state index in [9.17, 15) is 10.2 Å². The fraction of sp³-hybridized carbons (Fsp3) is 0.909. The highest BCUT2D eigenvalue weighted by Gasteiger charge is 2.71. The van der Waals surface area contributed by atoms with Crippen LogP contribution in [-0.4, -0.2) is 59.9 Å². The molecule has 2 heterocycles. The Balaban J connectivity index is 1.37. The lowest BCUT2D eigenvalue weighted by molar-refractivity contribution is -0.274. The number of hydrogen-bond donors (Lipinski definition) is 2. The lowest BCUT2D eigenvalue weighted by atomic mass is 9.50. The van der Waals surface area contributed by atoms with E-state index in [1.165, 1.54) is 11.1 Å². The molecule has 2 spiro atoms. The summed E-state index contributed by atoms with van der Waals surface area (Å²) in [7, 11) is 0. The summed E-state index contributed by atoms with van der Waals surface area (Å²) in [5.74, 6) is -1.17. The average Bonchev–Trinajstić information content (AvgIpc) is 3.38. The maximum Gasteiger partial charge on any atom is 0.174 e. The quantitative estimate of drug-likeness (QED) is 0.616. The molecule has 6 aliphatic rings. The van der Waals surface area contributed by atoms with E-state index < -0.39 is 23.3 Å². The van der Waals surface area contributed by atoms with Crippen LogP contribution in [0.25, 0.3) is 0 Å². The Morgan fingerprint density at radius 2 is 1.64 bits per heavy atom. The first kappa shape index (κ1) is 18.3. The molecule has 2 N–H and O–H groups in total. The van der Waals surface area contributed by atoms with Crippen LogP contribution in [0.4, 0.5) is 0 Å². The summed E-state index contributed by atoms with van der Waals surface area (Å²) in [6, 6.07) is 0. The van der Waals surface area contributed by atoms with Crippen LogP contribution in [0.15, 0.2) is 11.1 Å². The van der Waals surface area contributed by atoms with E-state index in [1.807, 2.05) is 0 Å². The van der Waals surface area contributed by atoms with E-state index in [-0.39, 0.29) is 17.3 Å². The van der Waals surface area contributed by atoms with Crippen molar-refractivity contribution in [3.05, 3.63) is 11.1 Å². The molecule has 0 aromatic carbocycles. The number of ether oxygens (including phenoxy) is 4. The lowest BCUT2D eigenvalue weighted by Crippen LogP contribution is -2.65. The first-order valence-electron chi connectivity index (χ1n) is 11.1. The molecule has 2 saturated heterocycles. The Morgan fingerprint density at radius 1 is 0.929 bits per heavy atom. The second-order valence-corrected chi connectivity index (χ2v) is 10.1. The molecule has 2 aliphatic heterocycles. The normalized spacial score (nSPS) is 48.8. The molecule has 156 valence electrons. The largest absolute Gasteiger partial charge is 0.392 e. The zero-order valence-corrected chi connectivity index (χ0v) is 16.7. The van der Waals surface area contributed by atoms with E-state index in [2.05, 4.69) is 6.92 Å². The van der Waals surface area contributed by atoms with Crippen molar-refractivity contribution in [3.8, 4) is 0 Å². The minimum Gasteiger partial charge on any atom is -0.392 e. The Morgan fingerprint density at radius 3 is 2.39 bits per heavy atom. The van der Waals surface area contributed by atoms with Gasteiger partial charge in [-0.05, 0) is 38.0 Å². The second-order valence-electron chi connectivity index (χ2n) is 10.1. The standard InChI is InChI=1S/C22H32O6/c1-19-13-16(23)18-15-3-5-20(25-8-9-26-20)12-14(15)2-6-21(18,24)17(19)4-7-22(19)27-10-11-28-22/h16-18,23-24H,2-13H2,1H3. The molecule has 6 rings (SSSR count). The van der Waals surface area contributed by atoms with Gasteiger partial charge in [0.15, 0.2) is 11.6 Å². The minimum atomic E-state index is -0.883. The van der Waals surface area contributed by atoms with Crippen molar-refractivity contribution in [1.29, 1.82) is 0 Å². The number of aliphatic hydroxyl groups excluding tert-OH is 1. The molecule has 2 saturated carbocycles. The molecule has 4 aliphatic carbocycles. The maximum atomic E-state index is 12.1. The predicted molar refractivity (Wildman–Crippen MR) is 99.3 cm³/mol. The summed E-state index contributed by atoms with van der Waals surface area (Å²) < 4.78 is 24.2. The number of rotatable bonds is 0. The van der Waals surface area contributed by atoms with Gasteiger partial charge in [0.2, 0.25) is 0 Å². The predicted octanol–water partition coefficient (Wildman–Crippen LogP) is 2.28. The van der Waals surface area contributed by atoms with Crippen molar-refractivity contribution in [1.82, 2.24) is 0 Å². The van der Waals surface area contributed by atoms with Gasteiger partial charge >= 0.3 is 0 Å². The molecule has 6 heteroatoms. The SMILES string of the molecule is CC12CC(O)C3C4=C(CCC3(O)C1CCC21OCCO1)CC1(CC4)OCCO1. The number of aliphatic hydroxyl groups is 2. The van der Waals surface area contributed by atoms with Gasteiger partial charge in [0, 0.05) is 30.6 Å². The van der Waals surface area contributed by atoms with E-state index in [1.54, 1.807) is 0 Å². The molecule has 0 amide bonds. The first-order chi connectivity index (χ1) is 13.4. The molecule has 0 aromatic heterocycles. The van der Waals surface area contributed by atoms with E-state index in [0.717, 1.165) is 38.5 Å². The summed E-state index contributed by atoms with van der Waals surface area (Å²) in [5.41, 5.74) is 1.40. The molecule has 28 heavy (non-hydrogen) atoms. The number of hydrogen-bond acceptors (Lipinski definition) is 6. The van der Waals surface area contributed by atoms with E-state index >= 15 is 0 Å². The highest BCUT2D eigenvalue weighted by molar-refractivity contribution is 5.34. The molecule has 0 aromatic rings. The van der Waals surface area contributed by atoms with Gasteiger partial charge in [-0.25, -0.2) is 0 Å². The van der Waals surface area contributed by atoms with Crippen LogP contribution in [-0.2, 0) is 18.9 Å². The third kappa shape index (κ3) is 2.14. The molecule has 5 atom stereocenters. The Kier molecular flexibility index (Phi) is 3.79. The van der Waals surface area contributed by atoms with Crippen molar-refractivity contribution < 1.29 is 29.2 Å². The summed E-state index contributed by atoms with van der Waals surface area (Å²) in [5, 5.41) is 23.4. The zero-order valence-electron chi connectivity index (χ0n) is 16.7. The molecular formula is C22H32O6. The monoisotopic (exact) mass is 392 g/mol. The van der Waals surface area contributed by atoms with Gasteiger partial charge in [-0.3, -0.25) is 0 Å². The lowest BCUT2D eigenvalue weighted by Gasteiger charge is -2.60. The van der Waals surface area contributed by atoms with Gasteiger partial charge in [-0.15, -0.1) is 0 Å². The van der Waals surface area contributed by atoms with Crippen LogP contribution in [0.1, 0.15) is 58.3 Å². The van der Waals surface area contributed by atoms with Crippen molar-refractivity contribution in [2.24, 2.45) is 17.3 Å². The van der Waals surface area contributed by atoms with Crippen LogP contribution >= 0.6 is 0 Å². The zero-order chi connectivity index (χ0) is 19.2. The van der Waals surface area contributed by atoms with Gasteiger partial charge in [0.05, 0.1) is 38.1 Å². The highest BCUT2D eigenvalue weighted by Crippen LogP contribution is 2.67. The van der Waals surface area contributed by atoms with E-state index in [0.29, 0.717) is 39.3 Å². The molecule has 5 unspecified atom stereocenters. The summed E-state index contributed by atoms with van der Waals surface area (Å²) >= 11 is 0. The maximum absolute atomic E-state index is 12.1. The Labute approximate surface area is 166 Å². The Bertz CT molecular complexity index is 706. The van der Waals surface area contributed by atoms with Gasteiger partial charge in [-0.2, -0.15) is 0 Å².